The molecule has 0 bridgehead atoms. The molecule has 1 aliphatic rings. The van der Waals surface area contributed by atoms with Crippen LogP contribution in [0.2, 0.25) is 0 Å². The highest BCUT2D eigenvalue weighted by Gasteiger charge is 2.32. The minimum Gasteiger partial charge on any atom is -0.336 e. The number of carbonyl (C=O) groups excluding carboxylic acids is 2. The van der Waals surface area contributed by atoms with Gasteiger partial charge in [0, 0.05) is 62.9 Å². The van der Waals surface area contributed by atoms with Gasteiger partial charge in [-0.15, -0.1) is 0 Å². The average molecular weight is 446 g/mol. The topological polar surface area (TPSA) is 103 Å². The summed E-state index contributed by atoms with van der Waals surface area (Å²) < 4.78 is 28.2. The van der Waals surface area contributed by atoms with Crippen LogP contribution in [0.1, 0.15) is 34.6 Å². The number of nitrogens with one attached hydrogen (secondary N) is 1. The Labute approximate surface area is 182 Å². The standard InChI is InChI=1S/C21H27N5O4S/c1-3-25(4-2)31(29,30)26-13-11-24(12-14-26)21(28)17-7-5-9-19(15-17)23-20(27)18-8-6-10-22-16-18/h5-10,15-16H,3-4,11-14H2,1-2H3,(H,23,27). The molecular weight excluding hydrogens is 418 g/mol. The van der Waals surface area contributed by atoms with E-state index in [1.807, 2.05) is 0 Å². The average Bonchev–Trinajstić information content (AvgIpc) is 2.80. The van der Waals surface area contributed by atoms with Crippen molar-refractivity contribution in [3.05, 3.63) is 59.9 Å². The van der Waals surface area contributed by atoms with Crippen molar-refractivity contribution in [1.82, 2.24) is 18.5 Å². The Morgan fingerprint density at radius 1 is 1.03 bits per heavy atom. The quantitative estimate of drug-likeness (QED) is 0.699. The highest BCUT2D eigenvalue weighted by Crippen LogP contribution is 2.17. The van der Waals surface area contributed by atoms with Crippen LogP contribution in [0.3, 0.4) is 0 Å². The zero-order valence-corrected chi connectivity index (χ0v) is 18.5. The van der Waals surface area contributed by atoms with Crippen molar-refractivity contribution in [2.24, 2.45) is 0 Å². The van der Waals surface area contributed by atoms with E-state index in [0.29, 0.717) is 43.0 Å². The van der Waals surface area contributed by atoms with E-state index in [0.717, 1.165) is 0 Å². The molecule has 2 aromatic rings. The lowest BCUT2D eigenvalue weighted by Gasteiger charge is -2.36. The summed E-state index contributed by atoms with van der Waals surface area (Å²) >= 11 is 0. The van der Waals surface area contributed by atoms with Crippen LogP contribution >= 0.6 is 0 Å². The largest absolute Gasteiger partial charge is 0.336 e. The molecule has 0 atom stereocenters. The van der Waals surface area contributed by atoms with E-state index in [4.69, 9.17) is 0 Å². The molecule has 1 aromatic carbocycles. The molecule has 166 valence electrons. The second-order valence-corrected chi connectivity index (χ2v) is 8.99. The fourth-order valence-electron chi connectivity index (χ4n) is 3.45. The Hall–Kier alpha value is -2.82. The highest BCUT2D eigenvalue weighted by atomic mass is 32.2. The maximum Gasteiger partial charge on any atom is 0.282 e. The first-order chi connectivity index (χ1) is 14.9. The Kier molecular flexibility index (Phi) is 7.37. The first-order valence-corrected chi connectivity index (χ1v) is 11.6. The van der Waals surface area contributed by atoms with Gasteiger partial charge in [0.1, 0.15) is 0 Å². The summed E-state index contributed by atoms with van der Waals surface area (Å²) in [6.45, 7) is 5.56. The molecular formula is C21H27N5O4S. The van der Waals surface area contributed by atoms with Gasteiger partial charge in [0.25, 0.3) is 22.0 Å². The maximum atomic E-state index is 12.9. The smallest absolute Gasteiger partial charge is 0.282 e. The Balaban J connectivity index is 1.64. The van der Waals surface area contributed by atoms with Gasteiger partial charge in [-0.25, -0.2) is 0 Å². The van der Waals surface area contributed by atoms with Gasteiger partial charge in [-0.3, -0.25) is 14.6 Å². The number of carbonyl (C=O) groups is 2. The van der Waals surface area contributed by atoms with Crippen molar-refractivity contribution < 1.29 is 18.0 Å². The van der Waals surface area contributed by atoms with Crippen LogP contribution in [0.25, 0.3) is 0 Å². The first kappa shape index (κ1) is 22.9. The number of aromatic nitrogens is 1. The van der Waals surface area contributed by atoms with Crippen molar-refractivity contribution in [3.8, 4) is 0 Å². The Morgan fingerprint density at radius 2 is 1.71 bits per heavy atom. The van der Waals surface area contributed by atoms with E-state index in [2.05, 4.69) is 10.3 Å². The second-order valence-electron chi connectivity index (χ2n) is 7.06. The van der Waals surface area contributed by atoms with Gasteiger partial charge in [0.05, 0.1) is 5.56 Å². The highest BCUT2D eigenvalue weighted by molar-refractivity contribution is 7.86. The van der Waals surface area contributed by atoms with Gasteiger partial charge >= 0.3 is 0 Å². The number of pyridine rings is 1. The molecule has 1 aromatic heterocycles. The van der Waals surface area contributed by atoms with E-state index < -0.39 is 10.2 Å². The summed E-state index contributed by atoms with van der Waals surface area (Å²) in [5.41, 5.74) is 1.36. The number of rotatable bonds is 7. The molecule has 3 rings (SSSR count). The van der Waals surface area contributed by atoms with Gasteiger partial charge in [-0.1, -0.05) is 19.9 Å². The minimum absolute atomic E-state index is 0.197. The molecule has 1 fully saturated rings. The molecule has 1 aliphatic heterocycles. The molecule has 0 unspecified atom stereocenters. The normalized spacial score (nSPS) is 15.1. The number of benzene rings is 1. The van der Waals surface area contributed by atoms with Gasteiger partial charge in [-0.2, -0.15) is 17.0 Å². The first-order valence-electron chi connectivity index (χ1n) is 10.2. The van der Waals surface area contributed by atoms with Gasteiger partial charge in [0.15, 0.2) is 0 Å². The number of hydrogen-bond donors (Lipinski definition) is 1. The third-order valence-electron chi connectivity index (χ3n) is 5.17. The van der Waals surface area contributed by atoms with Crippen molar-refractivity contribution in [1.29, 1.82) is 0 Å². The van der Waals surface area contributed by atoms with Crippen molar-refractivity contribution in [3.63, 3.8) is 0 Å². The molecule has 10 heteroatoms. The maximum absolute atomic E-state index is 12.9. The van der Waals surface area contributed by atoms with Crippen LogP contribution in [0, 0.1) is 0 Å². The molecule has 31 heavy (non-hydrogen) atoms. The Morgan fingerprint density at radius 3 is 2.32 bits per heavy atom. The fraction of sp³-hybridized carbons (Fsp3) is 0.381. The van der Waals surface area contributed by atoms with Crippen molar-refractivity contribution in [2.75, 3.05) is 44.6 Å². The summed E-state index contributed by atoms with van der Waals surface area (Å²) in [7, 11) is -3.51. The molecule has 0 saturated carbocycles. The summed E-state index contributed by atoms with van der Waals surface area (Å²) in [5.74, 6) is -0.509. The third-order valence-corrected chi connectivity index (χ3v) is 7.36. The van der Waals surface area contributed by atoms with E-state index >= 15 is 0 Å². The molecule has 0 radical (unpaired) electrons. The molecule has 2 heterocycles. The van der Waals surface area contributed by atoms with E-state index in [1.165, 1.54) is 14.8 Å². The molecule has 0 aliphatic carbocycles. The number of nitrogens with zero attached hydrogens (tertiary/aromatic N) is 4. The van der Waals surface area contributed by atoms with Gasteiger partial charge < -0.3 is 10.2 Å². The predicted octanol–water partition coefficient (Wildman–Crippen LogP) is 1.68. The number of piperazine rings is 1. The van der Waals surface area contributed by atoms with E-state index in [1.54, 1.807) is 61.3 Å². The SMILES string of the molecule is CCN(CC)S(=O)(=O)N1CCN(C(=O)c2cccc(NC(=O)c3cccnc3)c2)CC1. The lowest BCUT2D eigenvalue weighted by molar-refractivity contribution is 0.0694. The zero-order valence-electron chi connectivity index (χ0n) is 17.7. The second kappa shape index (κ2) is 9.99. The van der Waals surface area contributed by atoms with Crippen LogP contribution in [-0.2, 0) is 10.2 Å². The van der Waals surface area contributed by atoms with Crippen LogP contribution in [-0.4, -0.2) is 78.0 Å². The Bertz CT molecular complexity index is 1020. The predicted molar refractivity (Wildman–Crippen MR) is 118 cm³/mol. The lowest BCUT2D eigenvalue weighted by Crippen LogP contribution is -2.54. The lowest BCUT2D eigenvalue weighted by atomic mass is 10.1. The van der Waals surface area contributed by atoms with Crippen LogP contribution in [0.5, 0.6) is 0 Å². The summed E-state index contributed by atoms with van der Waals surface area (Å²) in [6.07, 6.45) is 3.05. The molecule has 1 N–H and O–H groups in total. The number of hydrogen-bond acceptors (Lipinski definition) is 5. The minimum atomic E-state index is -3.51. The van der Waals surface area contributed by atoms with Crippen LogP contribution in [0.4, 0.5) is 5.69 Å². The monoisotopic (exact) mass is 445 g/mol. The van der Waals surface area contributed by atoms with Crippen LogP contribution < -0.4 is 5.32 Å². The summed E-state index contributed by atoms with van der Waals surface area (Å²) in [5, 5.41) is 2.77. The van der Waals surface area contributed by atoms with Crippen molar-refractivity contribution in [2.45, 2.75) is 13.8 Å². The molecule has 1 saturated heterocycles. The summed E-state index contributed by atoms with van der Waals surface area (Å²) in [6, 6.07) is 10.0. The van der Waals surface area contributed by atoms with Gasteiger partial charge in [0.2, 0.25) is 0 Å². The molecule has 0 spiro atoms. The zero-order chi connectivity index (χ0) is 22.4. The van der Waals surface area contributed by atoms with E-state index in [9.17, 15) is 18.0 Å². The molecule has 2 amide bonds. The number of amides is 2. The molecule has 9 nitrogen and oxygen atoms in total. The van der Waals surface area contributed by atoms with Crippen LogP contribution in [0.15, 0.2) is 48.8 Å². The summed E-state index contributed by atoms with van der Waals surface area (Å²) in [4.78, 5) is 30.8. The fourth-order valence-corrected chi connectivity index (χ4v) is 5.05. The van der Waals surface area contributed by atoms with E-state index in [-0.39, 0.29) is 24.9 Å². The van der Waals surface area contributed by atoms with Gasteiger partial charge in [-0.05, 0) is 30.3 Å². The number of anilines is 1. The van der Waals surface area contributed by atoms with Crippen molar-refractivity contribution >= 4 is 27.7 Å². The third kappa shape index (κ3) is 5.27.